The lowest BCUT2D eigenvalue weighted by atomic mass is 9.78. The van der Waals surface area contributed by atoms with Gasteiger partial charge in [0.25, 0.3) is 0 Å². The number of piperidine rings is 1. The predicted octanol–water partition coefficient (Wildman–Crippen LogP) is 2.78. The van der Waals surface area contributed by atoms with Gasteiger partial charge in [-0.2, -0.15) is 11.8 Å². The van der Waals surface area contributed by atoms with Crippen LogP contribution in [0.2, 0.25) is 0 Å². The summed E-state index contributed by atoms with van der Waals surface area (Å²) in [4.78, 5) is 28.7. The van der Waals surface area contributed by atoms with Gasteiger partial charge in [0.1, 0.15) is 0 Å². The average Bonchev–Trinajstić information content (AvgIpc) is 3.03. The van der Waals surface area contributed by atoms with Crippen molar-refractivity contribution in [1.29, 1.82) is 0 Å². The summed E-state index contributed by atoms with van der Waals surface area (Å²) in [7, 11) is 1.88. The van der Waals surface area contributed by atoms with E-state index in [0.29, 0.717) is 13.0 Å². The Balaban J connectivity index is 1.44. The molecule has 2 saturated heterocycles. The van der Waals surface area contributed by atoms with Crippen LogP contribution in [0.25, 0.3) is 0 Å². The average molecular weight is 346 g/mol. The molecule has 1 spiro atoms. The molecule has 0 saturated carbocycles. The van der Waals surface area contributed by atoms with Gasteiger partial charge in [-0.15, -0.1) is 0 Å². The van der Waals surface area contributed by atoms with Crippen LogP contribution in [0, 0.1) is 5.41 Å². The first-order chi connectivity index (χ1) is 11.6. The van der Waals surface area contributed by atoms with Gasteiger partial charge in [-0.1, -0.05) is 30.3 Å². The van der Waals surface area contributed by atoms with E-state index in [1.54, 1.807) is 11.8 Å². The van der Waals surface area contributed by atoms with Crippen molar-refractivity contribution < 1.29 is 9.59 Å². The minimum absolute atomic E-state index is 0.202. The molecule has 1 atom stereocenters. The first kappa shape index (κ1) is 17.3. The number of nitrogens with zero attached hydrogens (tertiary/aromatic N) is 2. The molecule has 1 aromatic rings. The minimum Gasteiger partial charge on any atom is -0.345 e. The van der Waals surface area contributed by atoms with E-state index >= 15 is 0 Å². The summed E-state index contributed by atoms with van der Waals surface area (Å²) < 4.78 is 0. The van der Waals surface area contributed by atoms with Gasteiger partial charge in [-0.3, -0.25) is 9.59 Å². The molecular weight excluding hydrogens is 320 g/mol. The quantitative estimate of drug-likeness (QED) is 0.770. The van der Waals surface area contributed by atoms with Gasteiger partial charge in [0.05, 0.1) is 5.41 Å². The first-order valence-electron chi connectivity index (χ1n) is 8.76. The number of carbonyl (C=O) groups is 2. The molecule has 2 heterocycles. The smallest absolute Gasteiger partial charge is 0.230 e. The van der Waals surface area contributed by atoms with Crippen molar-refractivity contribution in [2.45, 2.75) is 31.4 Å². The highest BCUT2D eigenvalue weighted by molar-refractivity contribution is 7.98. The third kappa shape index (κ3) is 3.77. The van der Waals surface area contributed by atoms with Crippen LogP contribution in [-0.4, -0.2) is 54.0 Å². The zero-order valence-corrected chi connectivity index (χ0v) is 15.2. The number of benzene rings is 1. The standard InChI is InChI=1S/C19H26N2O2S/c1-20-11-5-9-19(18(20)23)10-12-21(15-19)17(22)8-13-24-14-16-6-3-2-4-7-16/h2-4,6-7H,5,8-15H2,1H3/t19-/m1/s1. The SMILES string of the molecule is CN1CCC[C@]2(CCN(C(=O)CCSCc3ccccc3)C2)C1=O. The lowest BCUT2D eigenvalue weighted by Crippen LogP contribution is -2.48. The van der Waals surface area contributed by atoms with Crippen molar-refractivity contribution in [3.8, 4) is 0 Å². The third-order valence-corrected chi connectivity index (χ3v) is 6.26. The Hall–Kier alpha value is -1.49. The lowest BCUT2D eigenvalue weighted by molar-refractivity contribution is -0.144. The van der Waals surface area contributed by atoms with E-state index < -0.39 is 0 Å². The van der Waals surface area contributed by atoms with Gasteiger partial charge in [-0.25, -0.2) is 0 Å². The van der Waals surface area contributed by atoms with Crippen LogP contribution in [0.3, 0.4) is 0 Å². The van der Waals surface area contributed by atoms with Crippen molar-refractivity contribution in [3.63, 3.8) is 0 Å². The summed E-state index contributed by atoms with van der Waals surface area (Å²) in [5.41, 5.74) is 1.01. The molecule has 0 N–H and O–H groups in total. The molecule has 4 nitrogen and oxygen atoms in total. The van der Waals surface area contributed by atoms with Crippen LogP contribution in [0.15, 0.2) is 30.3 Å². The Morgan fingerprint density at radius 3 is 2.79 bits per heavy atom. The number of likely N-dealkylation sites (tertiary alicyclic amines) is 2. The van der Waals surface area contributed by atoms with Crippen LogP contribution in [0.5, 0.6) is 0 Å². The first-order valence-corrected chi connectivity index (χ1v) is 9.91. The van der Waals surface area contributed by atoms with Gasteiger partial charge in [-0.05, 0) is 24.8 Å². The Kier molecular flexibility index (Phi) is 5.49. The van der Waals surface area contributed by atoms with Gasteiger partial charge < -0.3 is 9.80 Å². The molecule has 0 unspecified atom stereocenters. The maximum atomic E-state index is 12.5. The highest BCUT2D eigenvalue weighted by Crippen LogP contribution is 2.39. The topological polar surface area (TPSA) is 40.6 Å². The van der Waals surface area contributed by atoms with Crippen LogP contribution in [-0.2, 0) is 15.3 Å². The predicted molar refractivity (Wildman–Crippen MR) is 97.7 cm³/mol. The number of carbonyl (C=O) groups excluding carboxylic acids is 2. The molecule has 2 aliphatic rings. The van der Waals surface area contributed by atoms with Crippen molar-refractivity contribution in [1.82, 2.24) is 9.80 Å². The summed E-state index contributed by atoms with van der Waals surface area (Å²) in [6, 6.07) is 10.3. The molecule has 2 fully saturated rings. The fraction of sp³-hybridized carbons (Fsp3) is 0.579. The van der Waals surface area contributed by atoms with E-state index in [-0.39, 0.29) is 17.2 Å². The van der Waals surface area contributed by atoms with Crippen molar-refractivity contribution in [2.24, 2.45) is 5.41 Å². The number of thioether (sulfide) groups is 1. The molecule has 3 rings (SSSR count). The second-order valence-electron chi connectivity index (χ2n) is 6.96. The fourth-order valence-corrected chi connectivity index (χ4v) is 4.71. The molecule has 24 heavy (non-hydrogen) atoms. The van der Waals surface area contributed by atoms with Crippen molar-refractivity contribution >= 4 is 23.6 Å². The van der Waals surface area contributed by atoms with E-state index in [1.165, 1.54) is 5.56 Å². The number of hydrogen-bond donors (Lipinski definition) is 0. The highest BCUT2D eigenvalue weighted by atomic mass is 32.2. The van der Waals surface area contributed by atoms with E-state index in [4.69, 9.17) is 0 Å². The molecular formula is C19H26N2O2S. The summed E-state index contributed by atoms with van der Waals surface area (Å²) in [6.45, 7) is 2.21. The van der Waals surface area contributed by atoms with E-state index in [1.807, 2.05) is 35.0 Å². The fourth-order valence-electron chi connectivity index (χ4n) is 3.81. The maximum absolute atomic E-state index is 12.5. The number of amides is 2. The molecule has 2 amide bonds. The summed E-state index contributed by atoms with van der Waals surface area (Å²) in [5.74, 6) is 2.22. The van der Waals surface area contributed by atoms with Crippen LogP contribution in [0.4, 0.5) is 0 Å². The van der Waals surface area contributed by atoms with Crippen LogP contribution < -0.4 is 0 Å². The monoisotopic (exact) mass is 346 g/mol. The summed E-state index contributed by atoms with van der Waals surface area (Å²) in [5, 5.41) is 0. The van der Waals surface area contributed by atoms with Crippen molar-refractivity contribution in [2.75, 3.05) is 32.4 Å². The maximum Gasteiger partial charge on any atom is 0.230 e. The molecule has 0 radical (unpaired) electrons. The van der Waals surface area contributed by atoms with E-state index in [9.17, 15) is 9.59 Å². The van der Waals surface area contributed by atoms with Gasteiger partial charge >= 0.3 is 0 Å². The third-order valence-electron chi connectivity index (χ3n) is 5.23. The number of rotatable bonds is 5. The van der Waals surface area contributed by atoms with Gasteiger partial charge in [0.2, 0.25) is 11.8 Å². The Bertz CT molecular complexity index is 592. The zero-order valence-electron chi connectivity index (χ0n) is 14.4. The molecule has 0 aliphatic carbocycles. The molecule has 130 valence electrons. The van der Waals surface area contributed by atoms with Crippen molar-refractivity contribution in [3.05, 3.63) is 35.9 Å². The summed E-state index contributed by atoms with van der Waals surface area (Å²) >= 11 is 1.80. The van der Waals surface area contributed by atoms with E-state index in [2.05, 4.69) is 12.1 Å². The highest BCUT2D eigenvalue weighted by Gasteiger charge is 2.48. The summed E-state index contributed by atoms with van der Waals surface area (Å²) in [6.07, 6.45) is 3.39. The second-order valence-corrected chi connectivity index (χ2v) is 8.07. The molecule has 1 aromatic carbocycles. The number of hydrogen-bond acceptors (Lipinski definition) is 3. The van der Waals surface area contributed by atoms with Gasteiger partial charge in [0.15, 0.2) is 0 Å². The lowest BCUT2D eigenvalue weighted by Gasteiger charge is -2.37. The molecule has 0 aromatic heterocycles. The van der Waals surface area contributed by atoms with Crippen LogP contribution >= 0.6 is 11.8 Å². The Morgan fingerprint density at radius 2 is 2.00 bits per heavy atom. The normalized spacial score (nSPS) is 24.0. The Labute approximate surface area is 148 Å². The zero-order chi connectivity index (χ0) is 17.0. The molecule has 2 aliphatic heterocycles. The van der Waals surface area contributed by atoms with Crippen LogP contribution in [0.1, 0.15) is 31.2 Å². The largest absolute Gasteiger partial charge is 0.345 e. The van der Waals surface area contributed by atoms with Gasteiger partial charge in [0, 0.05) is 44.6 Å². The van der Waals surface area contributed by atoms with E-state index in [0.717, 1.165) is 43.9 Å². The minimum atomic E-state index is -0.292. The molecule has 0 bridgehead atoms. The second kappa shape index (κ2) is 7.60. The molecule has 5 heteroatoms. The Morgan fingerprint density at radius 1 is 1.21 bits per heavy atom.